The van der Waals surface area contributed by atoms with Gasteiger partial charge < -0.3 is 14.4 Å². The van der Waals surface area contributed by atoms with E-state index in [2.05, 4.69) is 16.7 Å². The van der Waals surface area contributed by atoms with Crippen LogP contribution in [-0.2, 0) is 16.0 Å². The number of rotatable bonds is 7. The lowest BCUT2D eigenvalue weighted by molar-refractivity contribution is 0.0331. The van der Waals surface area contributed by atoms with Crippen LogP contribution in [0, 0.1) is 12.7 Å². The number of ether oxygens (including phenoxy) is 2. The highest BCUT2D eigenvalue weighted by molar-refractivity contribution is 7.20. The molecule has 1 saturated heterocycles. The van der Waals surface area contributed by atoms with Gasteiger partial charge in [0.1, 0.15) is 27.2 Å². The van der Waals surface area contributed by atoms with E-state index in [0.717, 1.165) is 40.3 Å². The lowest BCUT2D eigenvalue weighted by atomic mass is 10.1. The van der Waals surface area contributed by atoms with Crippen molar-refractivity contribution < 1.29 is 18.7 Å². The zero-order chi connectivity index (χ0) is 23.5. The summed E-state index contributed by atoms with van der Waals surface area (Å²) in [5.74, 6) is 0.852. The molecule has 3 aromatic rings. The van der Waals surface area contributed by atoms with Crippen LogP contribution in [0.15, 0.2) is 24.3 Å². The van der Waals surface area contributed by atoms with Crippen molar-refractivity contribution in [2.24, 2.45) is 0 Å². The second-order valence-corrected chi connectivity index (χ2v) is 9.15. The molecule has 1 aliphatic rings. The van der Waals surface area contributed by atoms with Crippen molar-refractivity contribution in [3.63, 3.8) is 0 Å². The lowest BCUT2D eigenvalue weighted by Crippen LogP contribution is -2.36. The Kier molecular flexibility index (Phi) is 7.21. The summed E-state index contributed by atoms with van der Waals surface area (Å²) in [6.07, 6.45) is 0. The fourth-order valence-corrected chi connectivity index (χ4v) is 5.07. The molecule has 0 N–H and O–H groups in total. The maximum absolute atomic E-state index is 13.5. The fourth-order valence-electron chi connectivity index (χ4n) is 3.99. The summed E-state index contributed by atoms with van der Waals surface area (Å²) in [5, 5.41) is 0.852. The summed E-state index contributed by atoms with van der Waals surface area (Å²) in [6.45, 7) is 9.73. The number of nitrogens with zero attached hydrogens (tertiary/aromatic N) is 4. The molecule has 0 aliphatic carbocycles. The smallest absolute Gasteiger partial charge is 0.348 e. The SMILES string of the molecule is CCOC(=O)c1sc2nc(CN3CCOCC3)nc(N(C)[C@H](C)c3ccc(F)cc3)c2c1C. The van der Waals surface area contributed by atoms with Crippen LogP contribution in [0.3, 0.4) is 0 Å². The van der Waals surface area contributed by atoms with E-state index >= 15 is 0 Å². The highest BCUT2D eigenvalue weighted by atomic mass is 32.1. The van der Waals surface area contributed by atoms with Crippen molar-refractivity contribution >= 4 is 33.3 Å². The minimum Gasteiger partial charge on any atom is -0.462 e. The number of carbonyl (C=O) groups is 1. The van der Waals surface area contributed by atoms with Crippen molar-refractivity contribution in [2.45, 2.75) is 33.4 Å². The number of hydrogen-bond donors (Lipinski definition) is 0. The summed E-state index contributed by atoms with van der Waals surface area (Å²) >= 11 is 1.34. The second-order valence-electron chi connectivity index (χ2n) is 8.15. The van der Waals surface area contributed by atoms with Gasteiger partial charge in [-0.05, 0) is 44.0 Å². The van der Waals surface area contributed by atoms with Gasteiger partial charge in [-0.25, -0.2) is 19.2 Å². The van der Waals surface area contributed by atoms with E-state index in [9.17, 15) is 9.18 Å². The Morgan fingerprint density at radius 2 is 1.97 bits per heavy atom. The Hall–Kier alpha value is -2.62. The maximum atomic E-state index is 13.5. The number of thiophene rings is 1. The monoisotopic (exact) mass is 472 g/mol. The van der Waals surface area contributed by atoms with E-state index in [1.165, 1.54) is 23.5 Å². The number of fused-ring (bicyclic) bond motifs is 1. The second kappa shape index (κ2) is 10.1. The Morgan fingerprint density at radius 3 is 2.64 bits per heavy atom. The van der Waals surface area contributed by atoms with Crippen LogP contribution in [0.1, 0.15) is 46.5 Å². The highest BCUT2D eigenvalue weighted by Crippen LogP contribution is 2.38. The average molecular weight is 473 g/mol. The molecule has 0 unspecified atom stereocenters. The van der Waals surface area contributed by atoms with Gasteiger partial charge in [0.2, 0.25) is 0 Å². The molecule has 1 atom stereocenters. The van der Waals surface area contributed by atoms with E-state index < -0.39 is 0 Å². The third-order valence-electron chi connectivity index (χ3n) is 6.01. The predicted octanol–water partition coefficient (Wildman–Crippen LogP) is 4.35. The van der Waals surface area contributed by atoms with Gasteiger partial charge in [-0.15, -0.1) is 11.3 Å². The molecule has 7 nitrogen and oxygen atoms in total. The van der Waals surface area contributed by atoms with Crippen molar-refractivity contribution in [1.29, 1.82) is 0 Å². The molecule has 4 rings (SSSR count). The number of hydrogen-bond acceptors (Lipinski definition) is 8. The summed E-state index contributed by atoms with van der Waals surface area (Å²) in [6, 6.07) is 6.44. The number of carbonyl (C=O) groups excluding carboxylic acids is 1. The van der Waals surface area contributed by atoms with Crippen LogP contribution < -0.4 is 4.90 Å². The van der Waals surface area contributed by atoms with E-state index in [4.69, 9.17) is 19.4 Å². The van der Waals surface area contributed by atoms with E-state index in [0.29, 0.717) is 37.1 Å². The van der Waals surface area contributed by atoms with Crippen LogP contribution >= 0.6 is 11.3 Å². The number of morpholine rings is 1. The fraction of sp³-hybridized carbons (Fsp3) is 0.458. The maximum Gasteiger partial charge on any atom is 0.348 e. The molecular weight excluding hydrogens is 443 g/mol. The first-order chi connectivity index (χ1) is 15.9. The van der Waals surface area contributed by atoms with Crippen LogP contribution in [0.5, 0.6) is 0 Å². The van der Waals surface area contributed by atoms with Crippen LogP contribution in [-0.4, -0.2) is 60.8 Å². The molecule has 0 saturated carbocycles. The van der Waals surface area contributed by atoms with Gasteiger partial charge in [0, 0.05) is 20.1 Å². The van der Waals surface area contributed by atoms with Crippen molar-refractivity contribution in [3.8, 4) is 0 Å². The van der Waals surface area contributed by atoms with Gasteiger partial charge in [0.05, 0.1) is 37.8 Å². The molecule has 0 spiro atoms. The molecule has 9 heteroatoms. The molecule has 33 heavy (non-hydrogen) atoms. The van der Waals surface area contributed by atoms with Crippen LogP contribution in [0.4, 0.5) is 10.2 Å². The van der Waals surface area contributed by atoms with Crippen molar-refractivity contribution in [3.05, 3.63) is 51.9 Å². The van der Waals surface area contributed by atoms with Crippen molar-refractivity contribution in [2.75, 3.05) is 44.9 Å². The van der Waals surface area contributed by atoms with Gasteiger partial charge in [0.15, 0.2) is 0 Å². The first kappa shape index (κ1) is 23.5. The van der Waals surface area contributed by atoms with Gasteiger partial charge in [0.25, 0.3) is 0 Å². The molecule has 0 amide bonds. The Labute approximate surface area is 197 Å². The largest absolute Gasteiger partial charge is 0.462 e. The molecule has 3 heterocycles. The first-order valence-corrected chi connectivity index (χ1v) is 12.0. The molecule has 0 bridgehead atoms. The number of esters is 1. The highest BCUT2D eigenvalue weighted by Gasteiger charge is 2.25. The summed E-state index contributed by atoms with van der Waals surface area (Å²) in [5.41, 5.74) is 1.79. The Balaban J connectivity index is 1.78. The molecule has 1 aliphatic heterocycles. The molecule has 2 aromatic heterocycles. The van der Waals surface area contributed by atoms with Gasteiger partial charge in [-0.3, -0.25) is 4.90 Å². The van der Waals surface area contributed by atoms with Crippen molar-refractivity contribution in [1.82, 2.24) is 14.9 Å². The van der Waals surface area contributed by atoms with Gasteiger partial charge >= 0.3 is 5.97 Å². The van der Waals surface area contributed by atoms with E-state index in [1.807, 2.05) is 14.0 Å². The van der Waals surface area contributed by atoms with E-state index in [1.54, 1.807) is 19.1 Å². The molecule has 1 aromatic carbocycles. The van der Waals surface area contributed by atoms with Gasteiger partial charge in [-0.2, -0.15) is 0 Å². The van der Waals surface area contributed by atoms with Crippen LogP contribution in [0.2, 0.25) is 0 Å². The minimum atomic E-state index is -0.340. The Morgan fingerprint density at radius 1 is 1.27 bits per heavy atom. The lowest BCUT2D eigenvalue weighted by Gasteiger charge is -2.29. The number of halogens is 1. The predicted molar refractivity (Wildman–Crippen MR) is 127 cm³/mol. The van der Waals surface area contributed by atoms with Crippen LogP contribution in [0.25, 0.3) is 10.2 Å². The zero-order valence-corrected chi connectivity index (χ0v) is 20.2. The third-order valence-corrected chi connectivity index (χ3v) is 7.18. The summed E-state index contributed by atoms with van der Waals surface area (Å²) in [4.78, 5) is 28.0. The topological polar surface area (TPSA) is 67.8 Å². The third kappa shape index (κ3) is 5.00. The normalized spacial score (nSPS) is 15.5. The van der Waals surface area contributed by atoms with Gasteiger partial charge in [-0.1, -0.05) is 12.1 Å². The molecule has 176 valence electrons. The molecule has 0 radical (unpaired) electrons. The zero-order valence-electron chi connectivity index (χ0n) is 19.4. The number of benzene rings is 1. The Bertz CT molecular complexity index is 1130. The summed E-state index contributed by atoms with van der Waals surface area (Å²) in [7, 11) is 1.97. The summed E-state index contributed by atoms with van der Waals surface area (Å²) < 4.78 is 24.2. The average Bonchev–Trinajstić information content (AvgIpc) is 3.15. The number of aryl methyl sites for hydroxylation is 1. The molecular formula is C24H29FN4O3S. The van der Waals surface area contributed by atoms with E-state index in [-0.39, 0.29) is 17.8 Å². The first-order valence-electron chi connectivity index (χ1n) is 11.1. The molecule has 1 fully saturated rings. The minimum absolute atomic E-state index is 0.0646. The standard InChI is InChI=1S/C24H29FN4O3S/c1-5-32-24(30)21-15(2)20-22(28(4)16(3)17-6-8-18(25)9-7-17)26-19(27-23(20)33-21)14-29-10-12-31-13-11-29/h6-9,16H,5,10-14H2,1-4H3/t16-/m1/s1. The quantitative estimate of drug-likeness (QED) is 0.474. The number of aromatic nitrogens is 2. The number of anilines is 1.